The quantitative estimate of drug-likeness (QED) is 0.688. The van der Waals surface area contributed by atoms with E-state index in [-0.39, 0.29) is 5.88 Å². The van der Waals surface area contributed by atoms with Crippen LogP contribution in [0.4, 0.5) is 0 Å². The molecule has 70 valence electrons. The zero-order valence-electron chi connectivity index (χ0n) is 7.05. The van der Waals surface area contributed by atoms with Crippen molar-refractivity contribution in [1.82, 2.24) is 0 Å². The smallest absolute Gasteiger partial charge is 0.0996 e. The fourth-order valence-electron chi connectivity index (χ4n) is 1.34. The van der Waals surface area contributed by atoms with Gasteiger partial charge in [-0.1, -0.05) is 11.6 Å². The van der Waals surface area contributed by atoms with Crippen molar-refractivity contribution in [3.8, 4) is 6.07 Å². The highest BCUT2D eigenvalue weighted by molar-refractivity contribution is 7.17. The number of rotatable bonds is 1. The van der Waals surface area contributed by atoms with Gasteiger partial charge in [-0.3, -0.25) is 0 Å². The van der Waals surface area contributed by atoms with E-state index in [1.165, 1.54) is 0 Å². The molecule has 0 fully saturated rings. The molecule has 0 amide bonds. The lowest BCUT2D eigenvalue weighted by Gasteiger charge is -2.03. The minimum Gasteiger partial charge on any atom is -0.192 e. The maximum atomic E-state index is 8.91. The molecule has 0 aliphatic rings. The first kappa shape index (κ1) is 9.79. The van der Waals surface area contributed by atoms with Crippen LogP contribution in [0.25, 0.3) is 10.1 Å². The molecule has 2 rings (SSSR count). The molecule has 0 aliphatic heterocycles. The Morgan fingerprint density at radius 3 is 2.93 bits per heavy atom. The maximum Gasteiger partial charge on any atom is 0.0996 e. The summed E-state index contributed by atoms with van der Waals surface area (Å²) >= 11 is 13.5. The van der Waals surface area contributed by atoms with Gasteiger partial charge < -0.3 is 0 Å². The van der Waals surface area contributed by atoms with Crippen molar-refractivity contribution in [3.05, 3.63) is 33.7 Å². The number of hydrogen-bond acceptors (Lipinski definition) is 2. The lowest BCUT2D eigenvalue weighted by Crippen LogP contribution is -1.87. The van der Waals surface area contributed by atoms with Gasteiger partial charge in [-0.25, -0.2) is 0 Å². The molecule has 0 spiro atoms. The standard InChI is InChI=1S/C10H5Cl2NS/c11-4-8-6(5-13)3-9-7(10(8)12)1-2-14-9/h1-3H,4H2. The number of hydrogen-bond donors (Lipinski definition) is 0. The van der Waals surface area contributed by atoms with Gasteiger partial charge >= 0.3 is 0 Å². The van der Waals surface area contributed by atoms with E-state index in [4.69, 9.17) is 28.5 Å². The molecule has 0 saturated carbocycles. The molecule has 1 heterocycles. The lowest BCUT2D eigenvalue weighted by molar-refractivity contribution is 1.37. The summed E-state index contributed by atoms with van der Waals surface area (Å²) in [6, 6.07) is 5.89. The minimum absolute atomic E-state index is 0.271. The molecule has 0 radical (unpaired) electrons. The molecule has 1 aromatic carbocycles. The van der Waals surface area contributed by atoms with Crippen LogP contribution < -0.4 is 0 Å². The van der Waals surface area contributed by atoms with E-state index in [2.05, 4.69) is 6.07 Å². The first-order valence-corrected chi connectivity index (χ1v) is 5.71. The Balaban J connectivity index is 2.87. The Morgan fingerprint density at radius 1 is 1.50 bits per heavy atom. The molecule has 0 atom stereocenters. The average Bonchev–Trinajstić information content (AvgIpc) is 2.65. The first-order valence-electron chi connectivity index (χ1n) is 3.92. The molecule has 2 aromatic rings. The molecule has 1 nitrogen and oxygen atoms in total. The normalized spacial score (nSPS) is 10.4. The van der Waals surface area contributed by atoms with Crippen LogP contribution >= 0.6 is 34.5 Å². The maximum absolute atomic E-state index is 8.91. The zero-order valence-corrected chi connectivity index (χ0v) is 9.38. The topological polar surface area (TPSA) is 23.8 Å². The highest BCUT2D eigenvalue weighted by Gasteiger charge is 2.11. The average molecular weight is 242 g/mol. The molecule has 0 N–H and O–H groups in total. The number of nitrogens with zero attached hydrogens (tertiary/aromatic N) is 1. The van der Waals surface area contributed by atoms with Crippen molar-refractivity contribution >= 4 is 44.6 Å². The van der Waals surface area contributed by atoms with E-state index in [9.17, 15) is 0 Å². The van der Waals surface area contributed by atoms with Gasteiger partial charge in [0.15, 0.2) is 0 Å². The lowest BCUT2D eigenvalue weighted by atomic mass is 10.1. The van der Waals surface area contributed by atoms with Crippen molar-refractivity contribution in [2.24, 2.45) is 0 Å². The summed E-state index contributed by atoms with van der Waals surface area (Å²) in [7, 11) is 0. The fraction of sp³-hybridized carbons (Fsp3) is 0.100. The molecule has 0 saturated heterocycles. The third-order valence-electron chi connectivity index (χ3n) is 2.05. The second kappa shape index (κ2) is 3.78. The fourth-order valence-corrected chi connectivity index (χ4v) is 2.91. The van der Waals surface area contributed by atoms with Crippen LogP contribution in [0.3, 0.4) is 0 Å². The van der Waals surface area contributed by atoms with E-state index >= 15 is 0 Å². The largest absolute Gasteiger partial charge is 0.192 e. The molecule has 0 aliphatic carbocycles. The highest BCUT2D eigenvalue weighted by atomic mass is 35.5. The van der Waals surface area contributed by atoms with E-state index in [0.717, 1.165) is 15.6 Å². The molecular formula is C10H5Cl2NS. The van der Waals surface area contributed by atoms with Crippen molar-refractivity contribution in [2.75, 3.05) is 0 Å². The van der Waals surface area contributed by atoms with Crippen LogP contribution in [0.1, 0.15) is 11.1 Å². The van der Waals surface area contributed by atoms with Crippen LogP contribution in [-0.4, -0.2) is 0 Å². The predicted octanol–water partition coefficient (Wildman–Crippen LogP) is 4.17. The first-order chi connectivity index (χ1) is 6.77. The number of nitriles is 1. The Hall–Kier alpha value is -0.750. The van der Waals surface area contributed by atoms with Gasteiger partial charge in [-0.2, -0.15) is 5.26 Å². The van der Waals surface area contributed by atoms with E-state index in [1.54, 1.807) is 11.3 Å². The predicted molar refractivity (Wildman–Crippen MR) is 61.1 cm³/mol. The van der Waals surface area contributed by atoms with Crippen molar-refractivity contribution in [3.63, 3.8) is 0 Å². The molecule has 0 bridgehead atoms. The van der Waals surface area contributed by atoms with Crippen LogP contribution in [0, 0.1) is 11.3 Å². The van der Waals surface area contributed by atoms with E-state index in [0.29, 0.717) is 10.6 Å². The van der Waals surface area contributed by atoms with Crippen LogP contribution in [0.15, 0.2) is 17.5 Å². The van der Waals surface area contributed by atoms with Crippen molar-refractivity contribution in [2.45, 2.75) is 5.88 Å². The second-order valence-corrected chi connectivity index (χ2v) is 4.39. The van der Waals surface area contributed by atoms with Gasteiger partial charge in [0.1, 0.15) is 0 Å². The van der Waals surface area contributed by atoms with Gasteiger partial charge in [-0.15, -0.1) is 22.9 Å². The summed E-state index contributed by atoms with van der Waals surface area (Å²) in [6.07, 6.45) is 0. The highest BCUT2D eigenvalue weighted by Crippen LogP contribution is 2.34. The third-order valence-corrected chi connectivity index (χ3v) is 3.61. The number of thiophene rings is 1. The summed E-state index contributed by atoms with van der Waals surface area (Å²) in [4.78, 5) is 0. The summed E-state index contributed by atoms with van der Waals surface area (Å²) in [6.45, 7) is 0. The molecule has 4 heteroatoms. The van der Waals surface area contributed by atoms with E-state index in [1.807, 2.05) is 17.5 Å². The Morgan fingerprint density at radius 2 is 2.29 bits per heavy atom. The molecule has 14 heavy (non-hydrogen) atoms. The Labute approximate surface area is 95.5 Å². The number of benzene rings is 1. The van der Waals surface area contributed by atoms with Gasteiger partial charge in [0, 0.05) is 15.6 Å². The summed E-state index contributed by atoms with van der Waals surface area (Å²) in [5.74, 6) is 0.271. The summed E-state index contributed by atoms with van der Waals surface area (Å²) < 4.78 is 1.03. The Kier molecular flexibility index (Phi) is 2.64. The van der Waals surface area contributed by atoms with Crippen molar-refractivity contribution in [1.29, 1.82) is 5.26 Å². The number of fused-ring (bicyclic) bond motifs is 1. The number of alkyl halides is 1. The van der Waals surface area contributed by atoms with E-state index < -0.39 is 0 Å². The molecule has 0 unspecified atom stereocenters. The van der Waals surface area contributed by atoms with Gasteiger partial charge in [0.2, 0.25) is 0 Å². The number of halogens is 2. The SMILES string of the molecule is N#Cc1cc2sccc2c(Cl)c1CCl. The monoisotopic (exact) mass is 241 g/mol. The van der Waals surface area contributed by atoms with Gasteiger partial charge in [-0.05, 0) is 17.5 Å². The minimum atomic E-state index is 0.271. The van der Waals surface area contributed by atoms with Crippen LogP contribution in [0.5, 0.6) is 0 Å². The second-order valence-electron chi connectivity index (χ2n) is 2.79. The van der Waals surface area contributed by atoms with Crippen LogP contribution in [0.2, 0.25) is 5.02 Å². The summed E-state index contributed by atoms with van der Waals surface area (Å²) in [5.41, 5.74) is 1.29. The molecule has 1 aromatic heterocycles. The van der Waals surface area contributed by atoms with Gasteiger partial charge in [0.05, 0.1) is 22.5 Å². The Bertz CT molecular complexity index is 525. The zero-order chi connectivity index (χ0) is 10.1. The van der Waals surface area contributed by atoms with Crippen LogP contribution in [-0.2, 0) is 5.88 Å². The molecular weight excluding hydrogens is 237 g/mol. The van der Waals surface area contributed by atoms with Gasteiger partial charge in [0.25, 0.3) is 0 Å². The van der Waals surface area contributed by atoms with Crippen molar-refractivity contribution < 1.29 is 0 Å². The summed E-state index contributed by atoms with van der Waals surface area (Å²) in [5, 5.41) is 12.4. The third kappa shape index (κ3) is 1.38.